The smallest absolute Gasteiger partial charge is 0.0847 e. The minimum atomic E-state index is -2.57. The van der Waals surface area contributed by atoms with E-state index in [2.05, 4.69) is 224 Å². The Labute approximate surface area is 397 Å². The monoisotopic (exact) mass is 872 g/mol. The zero-order valence-corrected chi connectivity index (χ0v) is 41.1. The van der Waals surface area contributed by atoms with Crippen molar-refractivity contribution in [1.82, 2.24) is 0 Å². The van der Waals surface area contributed by atoms with Crippen molar-refractivity contribution in [3.63, 3.8) is 0 Å². The largest absolute Gasteiger partial charge is 0.238 e. The molecule has 0 spiro atoms. The second-order valence-corrected chi connectivity index (χ2v) is 25.4. The molecular weight excluding hydrogens is 808 g/mol. The normalized spacial score (nSPS) is 23.5. The fraction of sp³-hybridized carbons (Fsp3) is 0.281. The zero-order chi connectivity index (χ0) is 45.2. The molecule has 5 aliphatic carbocycles. The first-order valence-electron chi connectivity index (χ1n) is 25.0. The summed E-state index contributed by atoms with van der Waals surface area (Å²) in [6.07, 6.45) is 11.6. The van der Waals surface area contributed by atoms with Crippen LogP contribution in [0, 0.1) is 38.5 Å². The van der Waals surface area contributed by atoms with E-state index in [-0.39, 0.29) is 17.5 Å². The predicted molar refractivity (Wildman–Crippen MR) is 286 cm³/mol. The van der Waals surface area contributed by atoms with Crippen molar-refractivity contribution in [1.29, 1.82) is 0 Å². The maximum Gasteiger partial charge on any atom is 0.238 e. The first kappa shape index (κ1) is 42.9. The summed E-state index contributed by atoms with van der Waals surface area (Å²) < 4.78 is 0. The van der Waals surface area contributed by atoms with Crippen LogP contribution in [0.3, 0.4) is 0 Å². The molecule has 4 saturated carbocycles. The van der Waals surface area contributed by atoms with Crippen molar-refractivity contribution in [2.24, 2.45) is 17.8 Å². The summed E-state index contributed by atoms with van der Waals surface area (Å²) in [7, 11) is -2.57. The maximum atomic E-state index is 2.58. The summed E-state index contributed by atoms with van der Waals surface area (Å²) >= 11 is 0. The molecule has 4 fully saturated rings. The molecular formula is C64H65BSi. The maximum absolute atomic E-state index is 2.58. The van der Waals surface area contributed by atoms with E-state index in [0.717, 1.165) is 18.3 Å². The van der Waals surface area contributed by atoms with Crippen LogP contribution >= 0.6 is 0 Å². The Hall–Kier alpha value is -5.70. The third kappa shape index (κ3) is 7.27. The highest BCUT2D eigenvalue weighted by molar-refractivity contribution is 7.19. The van der Waals surface area contributed by atoms with Gasteiger partial charge in [-0.3, -0.25) is 0 Å². The van der Waals surface area contributed by atoms with Gasteiger partial charge in [-0.15, -0.1) is 0 Å². The Morgan fingerprint density at radius 2 is 0.985 bits per heavy atom. The molecule has 3 atom stereocenters. The number of benzene rings is 7. The lowest BCUT2D eigenvalue weighted by atomic mass is 9.32. The molecule has 3 unspecified atom stereocenters. The van der Waals surface area contributed by atoms with Gasteiger partial charge in [-0.25, -0.2) is 0 Å². The minimum Gasteiger partial charge on any atom is -0.0847 e. The topological polar surface area (TPSA) is 0 Å². The Kier molecular flexibility index (Phi) is 11.0. The van der Waals surface area contributed by atoms with Gasteiger partial charge in [0.15, 0.2) is 8.07 Å². The third-order valence-corrected chi connectivity index (χ3v) is 21.9. The summed E-state index contributed by atoms with van der Waals surface area (Å²) in [6, 6.07) is 68.8. The summed E-state index contributed by atoms with van der Waals surface area (Å²) in [6.45, 7) is 14.2. The van der Waals surface area contributed by atoms with E-state index in [0.29, 0.717) is 5.92 Å². The van der Waals surface area contributed by atoms with Crippen LogP contribution < -0.4 is 31.7 Å². The highest BCUT2D eigenvalue weighted by Crippen LogP contribution is 2.66. The number of rotatable bonds is 10. The van der Waals surface area contributed by atoms with E-state index in [1.165, 1.54) is 109 Å². The van der Waals surface area contributed by atoms with Gasteiger partial charge in [-0.2, -0.15) is 0 Å². The molecule has 0 aliphatic heterocycles. The SMILES string of the molecule is CC1=CC(C)=C(B(c2cccc(-c3ccc(C45CC6CC(C4)CC(c4ccc([Si](c7ccccc7)(c7ccccc7)c7ccccc7)cc4)(C6)C5)cc3)c2)c2c(C)cc(C)cc2C)C(C)C1. The predicted octanol–water partition coefficient (Wildman–Crippen LogP) is 11.9. The molecule has 0 heterocycles. The first-order valence-corrected chi connectivity index (χ1v) is 27.0. The van der Waals surface area contributed by atoms with Gasteiger partial charge in [-0.05, 0) is 151 Å². The number of allylic oxidation sites excluding steroid dienone is 4. The molecule has 4 bridgehead atoms. The Bertz CT molecular complexity index is 2830. The quantitative estimate of drug-likeness (QED) is 0.0949. The molecule has 0 N–H and O–H groups in total. The van der Waals surface area contributed by atoms with Crippen LogP contribution in [-0.2, 0) is 10.8 Å². The molecule has 0 nitrogen and oxygen atoms in total. The molecule has 328 valence electrons. The van der Waals surface area contributed by atoms with Crippen molar-refractivity contribution in [2.75, 3.05) is 0 Å². The lowest BCUT2D eigenvalue weighted by Crippen LogP contribution is -2.74. The fourth-order valence-electron chi connectivity index (χ4n) is 15.1. The van der Waals surface area contributed by atoms with Gasteiger partial charge in [0.2, 0.25) is 6.71 Å². The van der Waals surface area contributed by atoms with E-state index >= 15 is 0 Å². The lowest BCUT2D eigenvalue weighted by molar-refractivity contribution is -0.0281. The van der Waals surface area contributed by atoms with Crippen LogP contribution in [0.25, 0.3) is 11.1 Å². The van der Waals surface area contributed by atoms with Crippen molar-refractivity contribution < 1.29 is 0 Å². The molecule has 5 aliphatic rings. The van der Waals surface area contributed by atoms with Gasteiger partial charge >= 0.3 is 0 Å². The van der Waals surface area contributed by atoms with Gasteiger partial charge in [0.1, 0.15) is 0 Å². The lowest BCUT2D eigenvalue weighted by Gasteiger charge is -2.63. The number of hydrogen-bond acceptors (Lipinski definition) is 0. The molecule has 7 aromatic rings. The van der Waals surface area contributed by atoms with Crippen molar-refractivity contribution in [2.45, 2.75) is 97.3 Å². The first-order chi connectivity index (χ1) is 32.0. The summed E-state index contributed by atoms with van der Waals surface area (Å²) in [5, 5.41) is 5.79. The molecule has 7 aromatic carbocycles. The van der Waals surface area contributed by atoms with Crippen molar-refractivity contribution in [3.8, 4) is 11.1 Å². The molecule has 0 amide bonds. The average molecular weight is 873 g/mol. The Balaban J connectivity index is 0.933. The highest BCUT2D eigenvalue weighted by atomic mass is 28.3. The minimum absolute atomic E-state index is 0.226. The van der Waals surface area contributed by atoms with Gasteiger partial charge in [0.05, 0.1) is 0 Å². The molecule has 0 saturated heterocycles. The second kappa shape index (κ2) is 16.9. The molecule has 66 heavy (non-hydrogen) atoms. The number of hydrogen-bond donors (Lipinski definition) is 0. The standard InChI is InChI=1S/C64H65BSi/c1-44-33-46(3)61(47(4)34-44)65(62-48(5)35-45(2)36-49(62)6)56-18-16-17-53(38-56)52-25-27-54(28-26-52)63-39-50-37-51(40-63)42-64(41-50,43-63)55-29-31-60(32-30-55)66(57-19-10-7-11-20-57,58-21-12-8-13-22-58)59-23-14-9-15-24-59/h7-35,38,49-51H,36-37,39-43H2,1-6H3. The van der Waals surface area contributed by atoms with E-state index < -0.39 is 8.07 Å². The van der Waals surface area contributed by atoms with Crippen molar-refractivity contribution >= 4 is 46.5 Å². The highest BCUT2D eigenvalue weighted by Gasteiger charge is 2.58. The molecule has 12 rings (SSSR count). The van der Waals surface area contributed by atoms with Gasteiger partial charge in [0, 0.05) is 0 Å². The number of aryl methyl sites for hydroxylation is 3. The molecule has 2 heteroatoms. The zero-order valence-electron chi connectivity index (χ0n) is 40.1. The van der Waals surface area contributed by atoms with Gasteiger partial charge < -0.3 is 0 Å². The Morgan fingerprint density at radius 3 is 1.48 bits per heavy atom. The summed E-state index contributed by atoms with van der Waals surface area (Å²) in [5.74, 6) is 2.08. The van der Waals surface area contributed by atoms with Crippen LogP contribution in [-0.4, -0.2) is 14.8 Å². The molecule has 0 aromatic heterocycles. The van der Waals surface area contributed by atoms with Gasteiger partial charge in [-0.1, -0.05) is 233 Å². The van der Waals surface area contributed by atoms with E-state index in [1.54, 1.807) is 16.6 Å². The Morgan fingerprint density at radius 1 is 0.500 bits per heavy atom. The van der Waals surface area contributed by atoms with E-state index in [1.807, 2.05) is 0 Å². The van der Waals surface area contributed by atoms with Crippen LogP contribution in [0.2, 0.25) is 0 Å². The molecule has 0 radical (unpaired) electrons. The van der Waals surface area contributed by atoms with E-state index in [4.69, 9.17) is 0 Å². The second-order valence-electron chi connectivity index (χ2n) is 21.6. The average Bonchev–Trinajstić information content (AvgIpc) is 3.32. The third-order valence-electron chi connectivity index (χ3n) is 17.1. The summed E-state index contributed by atoms with van der Waals surface area (Å²) in [4.78, 5) is 0. The van der Waals surface area contributed by atoms with Crippen LogP contribution in [0.4, 0.5) is 0 Å². The summed E-state index contributed by atoms with van der Waals surface area (Å²) in [5.41, 5.74) is 17.8. The van der Waals surface area contributed by atoms with Crippen LogP contribution in [0.1, 0.15) is 93.5 Å². The van der Waals surface area contributed by atoms with Crippen LogP contribution in [0.15, 0.2) is 199 Å². The van der Waals surface area contributed by atoms with Gasteiger partial charge in [0.25, 0.3) is 0 Å². The van der Waals surface area contributed by atoms with Crippen LogP contribution in [0.5, 0.6) is 0 Å². The van der Waals surface area contributed by atoms with E-state index in [9.17, 15) is 0 Å². The fourth-order valence-corrected chi connectivity index (χ4v) is 19.9. The van der Waals surface area contributed by atoms with Crippen molar-refractivity contribution in [3.05, 3.63) is 226 Å².